The van der Waals surface area contributed by atoms with Crippen LogP contribution in [-0.4, -0.2) is 17.1 Å². The highest BCUT2D eigenvalue weighted by molar-refractivity contribution is 5.88. The van der Waals surface area contributed by atoms with Gasteiger partial charge in [0.2, 0.25) is 0 Å². The zero-order valence-electron chi connectivity index (χ0n) is 8.03. The number of carbonyl (C=O) groups is 1. The highest BCUT2D eigenvalue weighted by Gasteiger charge is 2.35. The molecule has 0 heterocycles. The van der Waals surface area contributed by atoms with Gasteiger partial charge in [0.1, 0.15) is 0 Å². The first-order valence-electron chi connectivity index (χ1n) is 4.69. The van der Waals surface area contributed by atoms with Crippen LogP contribution in [0.1, 0.15) is 33.8 Å². The normalized spacial score (nSPS) is 24.7. The molecule has 3 nitrogen and oxygen atoms in total. The third-order valence-electron chi connectivity index (χ3n) is 2.77. The maximum absolute atomic E-state index is 10.8. The number of benzene rings is 1. The average Bonchev–Trinajstić information content (AvgIpc) is 2.83. The zero-order valence-corrected chi connectivity index (χ0v) is 8.03. The molecule has 0 spiro atoms. The minimum Gasteiger partial charge on any atom is -0.478 e. The summed E-state index contributed by atoms with van der Waals surface area (Å²) < 4.78 is 0. The molecule has 0 unspecified atom stereocenters. The zero-order chi connectivity index (χ0) is 10.3. The topological polar surface area (TPSA) is 63.3 Å². The third kappa shape index (κ3) is 1.51. The van der Waals surface area contributed by atoms with Crippen LogP contribution >= 0.6 is 0 Å². The molecule has 14 heavy (non-hydrogen) atoms. The Morgan fingerprint density at radius 1 is 1.57 bits per heavy atom. The van der Waals surface area contributed by atoms with E-state index in [1.165, 1.54) is 0 Å². The van der Waals surface area contributed by atoms with Gasteiger partial charge in [-0.2, -0.15) is 0 Å². The van der Waals surface area contributed by atoms with Crippen LogP contribution < -0.4 is 5.73 Å². The molecule has 1 saturated carbocycles. The summed E-state index contributed by atoms with van der Waals surface area (Å²) in [5.74, 6) is -0.505. The Hall–Kier alpha value is -1.35. The lowest BCUT2D eigenvalue weighted by Gasteiger charge is -2.05. The number of aryl methyl sites for hydroxylation is 1. The summed E-state index contributed by atoms with van der Waals surface area (Å²) in [6.07, 6.45) is 0.976. The summed E-state index contributed by atoms with van der Waals surface area (Å²) in [5.41, 5.74) is 8.32. The smallest absolute Gasteiger partial charge is 0.335 e. The fourth-order valence-corrected chi connectivity index (χ4v) is 1.75. The number of carboxylic acid groups (broad SMARTS) is 1. The van der Waals surface area contributed by atoms with Gasteiger partial charge in [0.15, 0.2) is 0 Å². The molecular weight excluding hydrogens is 178 g/mol. The second-order valence-electron chi connectivity index (χ2n) is 3.88. The van der Waals surface area contributed by atoms with Gasteiger partial charge >= 0.3 is 5.97 Å². The molecule has 74 valence electrons. The third-order valence-corrected chi connectivity index (χ3v) is 2.77. The summed E-state index contributed by atoms with van der Waals surface area (Å²) in [6, 6.07) is 5.45. The predicted molar refractivity (Wildman–Crippen MR) is 53.5 cm³/mol. The van der Waals surface area contributed by atoms with E-state index in [2.05, 4.69) is 0 Å². The van der Waals surface area contributed by atoms with E-state index in [0.717, 1.165) is 17.5 Å². The van der Waals surface area contributed by atoms with E-state index in [9.17, 15) is 4.79 Å². The SMILES string of the molecule is Cc1ccc(C(=O)O)cc1[C@@H]1C[C@H]1N. The molecule has 1 fully saturated rings. The Morgan fingerprint density at radius 3 is 2.71 bits per heavy atom. The van der Waals surface area contributed by atoms with Gasteiger partial charge in [0, 0.05) is 12.0 Å². The number of hydrogen-bond donors (Lipinski definition) is 2. The van der Waals surface area contributed by atoms with Crippen molar-refractivity contribution >= 4 is 5.97 Å². The second-order valence-corrected chi connectivity index (χ2v) is 3.88. The molecule has 0 aliphatic heterocycles. The molecule has 2 atom stereocenters. The lowest BCUT2D eigenvalue weighted by atomic mass is 10.0. The molecule has 3 N–H and O–H groups in total. The Morgan fingerprint density at radius 2 is 2.21 bits per heavy atom. The molecule has 1 aliphatic carbocycles. The van der Waals surface area contributed by atoms with E-state index < -0.39 is 5.97 Å². The number of nitrogens with two attached hydrogens (primary N) is 1. The second kappa shape index (κ2) is 3.10. The van der Waals surface area contributed by atoms with Crippen LogP contribution in [0.2, 0.25) is 0 Å². The number of hydrogen-bond acceptors (Lipinski definition) is 2. The molecule has 1 aliphatic rings. The van der Waals surface area contributed by atoms with E-state index in [0.29, 0.717) is 11.5 Å². The van der Waals surface area contributed by atoms with Crippen molar-refractivity contribution < 1.29 is 9.90 Å². The quantitative estimate of drug-likeness (QED) is 0.744. The number of carboxylic acids is 1. The van der Waals surface area contributed by atoms with Crippen LogP contribution in [0.25, 0.3) is 0 Å². The highest BCUT2D eigenvalue weighted by Crippen LogP contribution is 2.40. The minimum absolute atomic E-state index is 0.220. The Kier molecular flexibility index (Phi) is 2.04. The van der Waals surface area contributed by atoms with Crippen molar-refractivity contribution in [3.05, 3.63) is 34.9 Å². The van der Waals surface area contributed by atoms with Crippen molar-refractivity contribution in [1.29, 1.82) is 0 Å². The van der Waals surface area contributed by atoms with Crippen molar-refractivity contribution in [2.24, 2.45) is 5.73 Å². The molecule has 2 rings (SSSR count). The maximum Gasteiger partial charge on any atom is 0.335 e. The molecule has 0 bridgehead atoms. The molecule has 1 aromatic carbocycles. The summed E-state index contributed by atoms with van der Waals surface area (Å²) in [6.45, 7) is 1.99. The van der Waals surface area contributed by atoms with Crippen LogP contribution in [0.4, 0.5) is 0 Å². The Balaban J connectivity index is 2.38. The molecular formula is C11H13NO2. The van der Waals surface area contributed by atoms with Crippen LogP contribution in [0.3, 0.4) is 0 Å². The lowest BCUT2D eigenvalue weighted by Crippen LogP contribution is -2.04. The maximum atomic E-state index is 10.8. The van der Waals surface area contributed by atoms with Crippen molar-refractivity contribution in [3.8, 4) is 0 Å². The molecule has 0 radical (unpaired) electrons. The first-order chi connectivity index (χ1) is 6.59. The average molecular weight is 191 g/mol. The predicted octanol–water partition coefficient (Wildman–Crippen LogP) is 1.51. The van der Waals surface area contributed by atoms with Gasteiger partial charge in [-0.25, -0.2) is 4.79 Å². The summed E-state index contributed by atoms with van der Waals surface area (Å²) in [7, 11) is 0. The monoisotopic (exact) mass is 191 g/mol. The Bertz CT molecular complexity index is 387. The highest BCUT2D eigenvalue weighted by atomic mass is 16.4. The first kappa shape index (κ1) is 9.21. The van der Waals surface area contributed by atoms with Crippen LogP contribution in [-0.2, 0) is 0 Å². The Labute approximate surface area is 82.5 Å². The van der Waals surface area contributed by atoms with Crippen molar-refractivity contribution in [2.75, 3.05) is 0 Å². The van der Waals surface area contributed by atoms with Crippen LogP contribution in [0, 0.1) is 6.92 Å². The van der Waals surface area contributed by atoms with E-state index in [-0.39, 0.29) is 6.04 Å². The van der Waals surface area contributed by atoms with Gasteiger partial charge in [-0.05, 0) is 36.6 Å². The number of rotatable bonds is 2. The molecule has 3 heteroatoms. The van der Waals surface area contributed by atoms with Gasteiger partial charge in [-0.1, -0.05) is 6.07 Å². The molecule has 0 aromatic heterocycles. The van der Waals surface area contributed by atoms with Gasteiger partial charge in [0.25, 0.3) is 0 Å². The molecule has 0 amide bonds. The van der Waals surface area contributed by atoms with Crippen molar-refractivity contribution in [1.82, 2.24) is 0 Å². The standard InChI is InChI=1S/C11H13NO2/c1-6-2-3-7(11(13)14)4-8(6)9-5-10(9)12/h2-4,9-10H,5,12H2,1H3,(H,13,14)/t9-,10+/m0/s1. The van der Waals surface area contributed by atoms with Gasteiger partial charge in [0.05, 0.1) is 5.56 Å². The first-order valence-corrected chi connectivity index (χ1v) is 4.69. The fourth-order valence-electron chi connectivity index (χ4n) is 1.75. The largest absolute Gasteiger partial charge is 0.478 e. The van der Waals surface area contributed by atoms with Crippen molar-refractivity contribution in [2.45, 2.75) is 25.3 Å². The van der Waals surface area contributed by atoms with Crippen LogP contribution in [0.15, 0.2) is 18.2 Å². The van der Waals surface area contributed by atoms with E-state index >= 15 is 0 Å². The van der Waals surface area contributed by atoms with E-state index in [1.54, 1.807) is 12.1 Å². The van der Waals surface area contributed by atoms with Crippen molar-refractivity contribution in [3.63, 3.8) is 0 Å². The van der Waals surface area contributed by atoms with E-state index in [1.807, 2.05) is 13.0 Å². The summed E-state index contributed by atoms with van der Waals surface area (Å²) >= 11 is 0. The van der Waals surface area contributed by atoms with Gasteiger partial charge in [-0.15, -0.1) is 0 Å². The van der Waals surface area contributed by atoms with Gasteiger partial charge in [-0.3, -0.25) is 0 Å². The summed E-state index contributed by atoms with van der Waals surface area (Å²) in [4.78, 5) is 10.8. The molecule has 0 saturated heterocycles. The van der Waals surface area contributed by atoms with E-state index in [4.69, 9.17) is 10.8 Å². The minimum atomic E-state index is -0.875. The van der Waals surface area contributed by atoms with Crippen LogP contribution in [0.5, 0.6) is 0 Å². The lowest BCUT2D eigenvalue weighted by molar-refractivity contribution is 0.0697. The molecule has 1 aromatic rings. The fraction of sp³-hybridized carbons (Fsp3) is 0.364. The number of aromatic carboxylic acids is 1. The van der Waals surface area contributed by atoms with Gasteiger partial charge < -0.3 is 10.8 Å². The summed E-state index contributed by atoms with van der Waals surface area (Å²) in [5, 5.41) is 8.84.